The van der Waals surface area contributed by atoms with E-state index in [0.29, 0.717) is 13.2 Å². The summed E-state index contributed by atoms with van der Waals surface area (Å²) in [6, 6.07) is 3.95. The number of aliphatic hydroxyl groups excluding tert-OH is 1. The standard InChI is InChI=1S/C14H19FO5/c1-10(16)11-3-4-14(13(15)7-11)20-9-12(17)8-19-6-5-18-2/h3-4,7,12,17H,5-6,8-9H2,1-2H3. The summed E-state index contributed by atoms with van der Waals surface area (Å²) in [5.41, 5.74) is 0.276. The van der Waals surface area contributed by atoms with E-state index < -0.39 is 11.9 Å². The van der Waals surface area contributed by atoms with Crippen molar-refractivity contribution in [3.05, 3.63) is 29.6 Å². The minimum Gasteiger partial charge on any atom is -0.488 e. The first-order chi connectivity index (χ1) is 9.54. The van der Waals surface area contributed by atoms with Gasteiger partial charge < -0.3 is 19.3 Å². The molecule has 0 saturated heterocycles. The molecule has 1 atom stereocenters. The van der Waals surface area contributed by atoms with Crippen LogP contribution in [0.15, 0.2) is 18.2 Å². The van der Waals surface area contributed by atoms with Crippen molar-refractivity contribution >= 4 is 5.78 Å². The Labute approximate surface area is 117 Å². The van der Waals surface area contributed by atoms with Crippen molar-refractivity contribution in [2.24, 2.45) is 0 Å². The van der Waals surface area contributed by atoms with Crippen LogP contribution in [0.2, 0.25) is 0 Å². The molecular weight excluding hydrogens is 267 g/mol. The van der Waals surface area contributed by atoms with Crippen LogP contribution in [0, 0.1) is 5.82 Å². The van der Waals surface area contributed by atoms with Gasteiger partial charge in [0, 0.05) is 12.7 Å². The van der Waals surface area contributed by atoms with E-state index in [0.717, 1.165) is 6.07 Å². The van der Waals surface area contributed by atoms with Crippen molar-refractivity contribution < 1.29 is 28.5 Å². The SMILES string of the molecule is COCCOCC(O)COc1ccc(C(C)=O)cc1F. The number of ether oxygens (including phenoxy) is 3. The van der Waals surface area contributed by atoms with Crippen LogP contribution >= 0.6 is 0 Å². The molecule has 6 heteroatoms. The van der Waals surface area contributed by atoms with Crippen LogP contribution < -0.4 is 4.74 Å². The Balaban J connectivity index is 2.39. The van der Waals surface area contributed by atoms with Gasteiger partial charge in [-0.15, -0.1) is 0 Å². The second-order valence-corrected chi connectivity index (χ2v) is 4.23. The Hall–Kier alpha value is -1.50. The highest BCUT2D eigenvalue weighted by molar-refractivity contribution is 5.94. The van der Waals surface area contributed by atoms with Gasteiger partial charge in [-0.1, -0.05) is 0 Å². The van der Waals surface area contributed by atoms with Crippen LogP contribution in [0.1, 0.15) is 17.3 Å². The van der Waals surface area contributed by atoms with Gasteiger partial charge >= 0.3 is 0 Å². The van der Waals surface area contributed by atoms with Crippen LogP contribution in [0.4, 0.5) is 4.39 Å². The molecule has 0 aromatic heterocycles. The number of aliphatic hydroxyl groups is 1. The van der Waals surface area contributed by atoms with E-state index in [1.54, 1.807) is 7.11 Å². The minimum absolute atomic E-state index is 0.00839. The number of hydrogen-bond donors (Lipinski definition) is 1. The zero-order valence-corrected chi connectivity index (χ0v) is 11.6. The Kier molecular flexibility index (Phi) is 7.14. The van der Waals surface area contributed by atoms with Crippen molar-refractivity contribution in [2.45, 2.75) is 13.0 Å². The molecule has 112 valence electrons. The fourth-order valence-corrected chi connectivity index (χ4v) is 1.43. The monoisotopic (exact) mass is 286 g/mol. The summed E-state index contributed by atoms with van der Waals surface area (Å²) < 4.78 is 28.6. The zero-order chi connectivity index (χ0) is 15.0. The third kappa shape index (κ3) is 5.64. The van der Waals surface area contributed by atoms with Gasteiger partial charge in [0.25, 0.3) is 0 Å². The van der Waals surface area contributed by atoms with Crippen LogP contribution in [-0.2, 0) is 9.47 Å². The average Bonchev–Trinajstić information content (AvgIpc) is 2.42. The third-order valence-electron chi connectivity index (χ3n) is 2.51. The van der Waals surface area contributed by atoms with Crippen molar-refractivity contribution in [1.82, 2.24) is 0 Å². The maximum atomic E-state index is 13.6. The summed E-state index contributed by atoms with van der Waals surface area (Å²) in [4.78, 5) is 11.1. The molecule has 20 heavy (non-hydrogen) atoms. The summed E-state index contributed by atoms with van der Waals surface area (Å²) >= 11 is 0. The average molecular weight is 286 g/mol. The maximum absolute atomic E-state index is 13.6. The largest absolute Gasteiger partial charge is 0.488 e. The lowest BCUT2D eigenvalue weighted by Crippen LogP contribution is -2.24. The summed E-state index contributed by atoms with van der Waals surface area (Å²) in [5, 5.41) is 9.58. The molecule has 0 radical (unpaired) electrons. The molecule has 0 heterocycles. The maximum Gasteiger partial charge on any atom is 0.165 e. The molecule has 0 spiro atoms. The Bertz CT molecular complexity index is 436. The van der Waals surface area contributed by atoms with Crippen LogP contribution in [0.5, 0.6) is 5.75 Å². The van der Waals surface area contributed by atoms with Crippen molar-refractivity contribution in [3.8, 4) is 5.75 Å². The fraction of sp³-hybridized carbons (Fsp3) is 0.500. The predicted molar refractivity (Wildman–Crippen MR) is 70.6 cm³/mol. The van der Waals surface area contributed by atoms with Gasteiger partial charge in [0.2, 0.25) is 0 Å². The smallest absolute Gasteiger partial charge is 0.165 e. The normalized spacial score (nSPS) is 12.2. The fourth-order valence-electron chi connectivity index (χ4n) is 1.43. The van der Waals surface area contributed by atoms with Crippen molar-refractivity contribution in [1.29, 1.82) is 0 Å². The molecule has 1 aromatic rings. The van der Waals surface area contributed by atoms with E-state index in [2.05, 4.69) is 0 Å². The number of halogens is 1. The molecule has 5 nitrogen and oxygen atoms in total. The lowest BCUT2D eigenvalue weighted by Gasteiger charge is -2.13. The van der Waals surface area contributed by atoms with Crippen LogP contribution in [0.3, 0.4) is 0 Å². The first-order valence-electron chi connectivity index (χ1n) is 6.22. The number of carbonyl (C=O) groups is 1. The second-order valence-electron chi connectivity index (χ2n) is 4.23. The minimum atomic E-state index is -0.862. The van der Waals surface area contributed by atoms with Gasteiger partial charge in [0.05, 0.1) is 19.8 Å². The molecule has 0 fully saturated rings. The van der Waals surface area contributed by atoms with Gasteiger partial charge in [0.15, 0.2) is 17.3 Å². The molecular formula is C14H19FO5. The second kappa shape index (κ2) is 8.63. The molecule has 1 rings (SSSR count). The highest BCUT2D eigenvalue weighted by Crippen LogP contribution is 2.18. The zero-order valence-electron chi connectivity index (χ0n) is 11.6. The van der Waals surface area contributed by atoms with Gasteiger partial charge in [-0.2, -0.15) is 0 Å². The quantitative estimate of drug-likeness (QED) is 0.549. The van der Waals surface area contributed by atoms with E-state index in [9.17, 15) is 14.3 Å². The summed E-state index contributed by atoms with van der Waals surface area (Å²) in [5.74, 6) is -0.863. The lowest BCUT2D eigenvalue weighted by molar-refractivity contribution is -0.00469. The van der Waals surface area contributed by atoms with Gasteiger partial charge in [-0.05, 0) is 25.1 Å². The summed E-state index contributed by atoms with van der Waals surface area (Å²) in [6.07, 6.45) is -0.862. The highest BCUT2D eigenvalue weighted by Gasteiger charge is 2.10. The molecule has 1 N–H and O–H groups in total. The van der Waals surface area contributed by atoms with Crippen LogP contribution in [0.25, 0.3) is 0 Å². The first kappa shape index (κ1) is 16.6. The molecule has 0 aliphatic carbocycles. The highest BCUT2D eigenvalue weighted by atomic mass is 19.1. The molecule has 0 aliphatic heterocycles. The van der Waals surface area contributed by atoms with E-state index >= 15 is 0 Å². The van der Waals surface area contributed by atoms with Gasteiger partial charge in [-0.3, -0.25) is 4.79 Å². The summed E-state index contributed by atoms with van der Waals surface area (Å²) in [7, 11) is 1.55. The molecule has 0 amide bonds. The first-order valence-corrected chi connectivity index (χ1v) is 6.22. The predicted octanol–water partition coefficient (Wildman–Crippen LogP) is 1.43. The molecule has 1 unspecified atom stereocenters. The number of rotatable bonds is 9. The van der Waals surface area contributed by atoms with E-state index in [-0.39, 0.29) is 30.3 Å². The van der Waals surface area contributed by atoms with Crippen molar-refractivity contribution in [3.63, 3.8) is 0 Å². The van der Waals surface area contributed by atoms with Gasteiger partial charge in [0.1, 0.15) is 12.7 Å². The lowest BCUT2D eigenvalue weighted by atomic mass is 10.1. The number of hydrogen-bond acceptors (Lipinski definition) is 5. The number of benzene rings is 1. The number of methoxy groups -OCH3 is 1. The van der Waals surface area contributed by atoms with E-state index in [4.69, 9.17) is 14.2 Å². The number of ketones is 1. The molecule has 1 aromatic carbocycles. The van der Waals surface area contributed by atoms with E-state index in [1.807, 2.05) is 0 Å². The van der Waals surface area contributed by atoms with E-state index in [1.165, 1.54) is 19.1 Å². The summed E-state index contributed by atoms with van der Waals surface area (Å²) in [6.45, 7) is 2.15. The van der Waals surface area contributed by atoms with Gasteiger partial charge in [-0.25, -0.2) is 4.39 Å². The number of carbonyl (C=O) groups excluding carboxylic acids is 1. The third-order valence-corrected chi connectivity index (χ3v) is 2.51. The molecule has 0 bridgehead atoms. The Morgan fingerprint density at radius 2 is 2.10 bits per heavy atom. The van der Waals surface area contributed by atoms with Crippen LogP contribution in [-0.4, -0.2) is 50.5 Å². The topological polar surface area (TPSA) is 65.0 Å². The number of Topliss-reactive ketones (excluding diaryl/α,β-unsaturated/α-hetero) is 1. The molecule has 0 aliphatic rings. The Morgan fingerprint density at radius 3 is 2.70 bits per heavy atom. The Morgan fingerprint density at radius 1 is 1.35 bits per heavy atom. The van der Waals surface area contributed by atoms with Crippen molar-refractivity contribution in [2.75, 3.05) is 33.5 Å². The molecule has 0 saturated carbocycles.